The highest BCUT2D eigenvalue weighted by Crippen LogP contribution is 2.30. The van der Waals surface area contributed by atoms with Crippen LogP contribution in [-0.4, -0.2) is 62.5 Å². The predicted molar refractivity (Wildman–Crippen MR) is 144 cm³/mol. The Morgan fingerprint density at radius 3 is 2.26 bits per heavy atom. The van der Waals surface area contributed by atoms with Gasteiger partial charge in [0.15, 0.2) is 11.5 Å². The van der Waals surface area contributed by atoms with Gasteiger partial charge in [-0.15, -0.1) is 0 Å². The number of methoxy groups -OCH3 is 3. The van der Waals surface area contributed by atoms with Crippen molar-refractivity contribution in [3.8, 4) is 11.5 Å². The van der Waals surface area contributed by atoms with Crippen molar-refractivity contribution in [2.45, 2.75) is 25.8 Å². The number of carbonyl (C=O) groups excluding carboxylic acids is 4. The highest BCUT2D eigenvalue weighted by atomic mass is 16.5. The molecular formula is C30H30N2O7. The highest BCUT2D eigenvalue weighted by Gasteiger charge is 2.44. The molecule has 1 aliphatic rings. The van der Waals surface area contributed by atoms with E-state index in [1.165, 1.54) is 36.3 Å². The summed E-state index contributed by atoms with van der Waals surface area (Å²) in [6.45, 7) is 2.08. The molecule has 9 heteroatoms. The molecule has 0 saturated carbocycles. The highest BCUT2D eigenvalue weighted by molar-refractivity contribution is 6.23. The van der Waals surface area contributed by atoms with Crippen molar-refractivity contribution in [3.05, 3.63) is 89.0 Å². The lowest BCUT2D eigenvalue weighted by Crippen LogP contribution is -2.46. The number of nitrogens with zero attached hydrogens (tertiary/aromatic N) is 2. The molecule has 1 fully saturated rings. The molecule has 1 aliphatic heterocycles. The molecule has 0 spiro atoms. The quantitative estimate of drug-likeness (QED) is 0.306. The first-order valence-electron chi connectivity index (χ1n) is 12.4. The van der Waals surface area contributed by atoms with Gasteiger partial charge in [0.1, 0.15) is 6.04 Å². The molecule has 39 heavy (non-hydrogen) atoms. The van der Waals surface area contributed by atoms with Gasteiger partial charge in [0, 0.05) is 12.1 Å². The molecule has 1 unspecified atom stereocenters. The van der Waals surface area contributed by atoms with Crippen LogP contribution in [0.3, 0.4) is 0 Å². The lowest BCUT2D eigenvalue weighted by atomic mass is 10.1. The fourth-order valence-electron chi connectivity index (χ4n) is 4.62. The van der Waals surface area contributed by atoms with Gasteiger partial charge >= 0.3 is 5.97 Å². The van der Waals surface area contributed by atoms with Gasteiger partial charge in [-0.05, 0) is 67.4 Å². The molecule has 1 heterocycles. The first-order valence-corrected chi connectivity index (χ1v) is 12.4. The van der Waals surface area contributed by atoms with Crippen LogP contribution in [0.1, 0.15) is 38.3 Å². The summed E-state index contributed by atoms with van der Waals surface area (Å²) in [7, 11) is 4.37. The van der Waals surface area contributed by atoms with E-state index < -0.39 is 23.8 Å². The number of rotatable bonds is 9. The number of carbonyl (C=O) groups is 4. The Bertz CT molecular complexity index is 1400. The van der Waals surface area contributed by atoms with Crippen LogP contribution >= 0.6 is 0 Å². The number of aryl methyl sites for hydroxylation is 1. The van der Waals surface area contributed by atoms with Crippen LogP contribution in [0.25, 0.3) is 0 Å². The zero-order chi connectivity index (χ0) is 28.1. The van der Waals surface area contributed by atoms with E-state index in [9.17, 15) is 19.2 Å². The lowest BCUT2D eigenvalue weighted by molar-refractivity contribution is -0.122. The van der Waals surface area contributed by atoms with E-state index in [2.05, 4.69) is 0 Å². The standard InChI is InChI=1S/C30H30N2O7/c1-19-6-5-7-22(16-19)28(34)31(15-14-20-8-13-25(37-2)26(17-20)38-3)24-18-27(33)32(29(24)35)23-11-9-21(10-12-23)30(36)39-4/h5-13,16-17,24H,14-15,18H2,1-4H3. The SMILES string of the molecule is COC(=O)c1ccc(N2C(=O)CC(N(CCc3ccc(OC)c(OC)c3)C(=O)c3cccc(C)c3)C2=O)cc1. The Morgan fingerprint density at radius 1 is 0.897 bits per heavy atom. The zero-order valence-corrected chi connectivity index (χ0v) is 22.3. The zero-order valence-electron chi connectivity index (χ0n) is 22.3. The summed E-state index contributed by atoms with van der Waals surface area (Å²) in [5, 5.41) is 0. The van der Waals surface area contributed by atoms with Crippen molar-refractivity contribution in [1.29, 1.82) is 0 Å². The third-order valence-electron chi connectivity index (χ3n) is 6.66. The maximum absolute atomic E-state index is 13.7. The second kappa shape index (κ2) is 11.8. The fourth-order valence-corrected chi connectivity index (χ4v) is 4.62. The minimum absolute atomic E-state index is 0.152. The smallest absolute Gasteiger partial charge is 0.337 e. The number of esters is 1. The van der Waals surface area contributed by atoms with Crippen LogP contribution in [0.4, 0.5) is 5.69 Å². The Labute approximate surface area is 226 Å². The maximum atomic E-state index is 13.7. The molecule has 3 amide bonds. The van der Waals surface area contributed by atoms with Crippen LogP contribution < -0.4 is 14.4 Å². The third-order valence-corrected chi connectivity index (χ3v) is 6.66. The molecule has 0 aromatic heterocycles. The van der Waals surface area contributed by atoms with Gasteiger partial charge in [-0.25, -0.2) is 9.69 Å². The van der Waals surface area contributed by atoms with Gasteiger partial charge in [0.2, 0.25) is 5.91 Å². The topological polar surface area (TPSA) is 102 Å². The minimum atomic E-state index is -0.981. The Hall–Kier alpha value is -4.66. The van der Waals surface area contributed by atoms with Crippen LogP contribution in [0.2, 0.25) is 0 Å². The molecule has 0 bridgehead atoms. The molecule has 202 valence electrons. The van der Waals surface area contributed by atoms with Crippen LogP contribution in [0, 0.1) is 6.92 Å². The molecule has 9 nitrogen and oxygen atoms in total. The van der Waals surface area contributed by atoms with Crippen molar-refractivity contribution in [2.24, 2.45) is 0 Å². The average molecular weight is 531 g/mol. The third kappa shape index (κ3) is 5.77. The van der Waals surface area contributed by atoms with Gasteiger partial charge in [0.05, 0.1) is 39.0 Å². The van der Waals surface area contributed by atoms with Crippen LogP contribution in [0.5, 0.6) is 11.5 Å². The minimum Gasteiger partial charge on any atom is -0.493 e. The first kappa shape index (κ1) is 27.4. The summed E-state index contributed by atoms with van der Waals surface area (Å²) in [6.07, 6.45) is 0.269. The van der Waals surface area contributed by atoms with Crippen molar-refractivity contribution in [1.82, 2.24) is 4.90 Å². The maximum Gasteiger partial charge on any atom is 0.337 e. The van der Waals surface area contributed by atoms with Gasteiger partial charge in [-0.1, -0.05) is 23.8 Å². The number of imide groups is 1. The van der Waals surface area contributed by atoms with Crippen LogP contribution in [0.15, 0.2) is 66.7 Å². The van der Waals surface area contributed by atoms with Crippen molar-refractivity contribution in [2.75, 3.05) is 32.8 Å². The Kier molecular flexibility index (Phi) is 8.29. The second-order valence-corrected chi connectivity index (χ2v) is 9.13. The summed E-state index contributed by atoms with van der Waals surface area (Å²) in [5.74, 6) is -0.653. The van der Waals surface area contributed by atoms with Gasteiger partial charge in [-0.2, -0.15) is 0 Å². The van der Waals surface area contributed by atoms with Crippen molar-refractivity contribution >= 4 is 29.4 Å². The fraction of sp³-hybridized carbons (Fsp3) is 0.267. The monoisotopic (exact) mass is 530 g/mol. The van der Waals surface area contributed by atoms with Gasteiger partial charge in [-0.3, -0.25) is 14.4 Å². The molecule has 1 saturated heterocycles. The largest absolute Gasteiger partial charge is 0.493 e. The van der Waals surface area contributed by atoms with E-state index in [0.717, 1.165) is 16.0 Å². The number of hydrogen-bond donors (Lipinski definition) is 0. The molecule has 3 aromatic rings. The summed E-state index contributed by atoms with van der Waals surface area (Å²) >= 11 is 0. The van der Waals surface area contributed by atoms with E-state index in [4.69, 9.17) is 14.2 Å². The Morgan fingerprint density at radius 2 is 1.62 bits per heavy atom. The van der Waals surface area contributed by atoms with E-state index in [0.29, 0.717) is 34.7 Å². The van der Waals surface area contributed by atoms with E-state index >= 15 is 0 Å². The average Bonchev–Trinajstić information content (AvgIpc) is 3.25. The number of amides is 3. The van der Waals surface area contributed by atoms with Gasteiger partial charge in [0.25, 0.3) is 11.8 Å². The number of ether oxygens (including phenoxy) is 3. The van der Waals surface area contributed by atoms with Crippen LogP contribution in [-0.2, 0) is 20.7 Å². The summed E-state index contributed by atoms with van der Waals surface area (Å²) in [6, 6.07) is 17.6. The van der Waals surface area contributed by atoms with Gasteiger partial charge < -0.3 is 19.1 Å². The van der Waals surface area contributed by atoms with E-state index in [1.54, 1.807) is 38.5 Å². The molecule has 0 radical (unpaired) electrons. The predicted octanol–water partition coefficient (Wildman–Crippen LogP) is 3.82. The van der Waals surface area contributed by atoms with Crippen molar-refractivity contribution < 1.29 is 33.4 Å². The molecular weight excluding hydrogens is 500 g/mol. The number of benzene rings is 3. The summed E-state index contributed by atoms with van der Waals surface area (Å²) in [5.41, 5.74) is 2.83. The second-order valence-electron chi connectivity index (χ2n) is 9.13. The summed E-state index contributed by atoms with van der Waals surface area (Å²) in [4.78, 5) is 54.7. The normalized spacial score (nSPS) is 14.8. The van der Waals surface area contributed by atoms with Crippen molar-refractivity contribution in [3.63, 3.8) is 0 Å². The van der Waals surface area contributed by atoms with E-state index in [1.807, 2.05) is 25.1 Å². The molecule has 4 rings (SSSR count). The number of anilines is 1. The molecule has 1 atom stereocenters. The molecule has 0 N–H and O–H groups in total. The van der Waals surface area contributed by atoms with E-state index in [-0.39, 0.29) is 18.9 Å². The molecule has 0 aliphatic carbocycles. The number of hydrogen-bond acceptors (Lipinski definition) is 7. The molecule has 3 aromatic carbocycles. The lowest BCUT2D eigenvalue weighted by Gasteiger charge is -2.28. The first-order chi connectivity index (χ1) is 18.8. The summed E-state index contributed by atoms with van der Waals surface area (Å²) < 4.78 is 15.4. The Balaban J connectivity index is 1.63.